The molecule has 8 nitrogen and oxygen atoms in total. The Labute approximate surface area is 414 Å². The molecule has 12 rings (SSSR count). The van der Waals surface area contributed by atoms with Gasteiger partial charge in [0.15, 0.2) is 11.4 Å². The Morgan fingerprint density at radius 2 is 0.667 bits per heavy atom. The third kappa shape index (κ3) is 6.76. The van der Waals surface area contributed by atoms with Crippen LogP contribution in [-0.4, -0.2) is 14.1 Å². The minimum Gasteiger partial charge on any atom is -0.307 e. The summed E-state index contributed by atoms with van der Waals surface area (Å²) in [5, 5.41) is 35.0. The predicted octanol–water partition coefficient (Wildman–Crippen LogP) is 16.3. The molecule has 0 aliphatic rings. The summed E-state index contributed by atoms with van der Waals surface area (Å²) in [5.41, 5.74) is 15.9. The van der Waals surface area contributed by atoms with Gasteiger partial charge in [-0.2, -0.15) is 15.8 Å². The van der Waals surface area contributed by atoms with Crippen LogP contribution in [0.2, 0.25) is 0 Å². The minimum atomic E-state index is 0.481. The van der Waals surface area contributed by atoms with Crippen molar-refractivity contribution in [3.8, 4) is 85.2 Å². The van der Waals surface area contributed by atoms with Crippen molar-refractivity contribution in [1.82, 2.24) is 14.1 Å². The van der Waals surface area contributed by atoms with E-state index in [1.165, 1.54) is 0 Å². The normalized spacial score (nSPS) is 11.0. The van der Waals surface area contributed by atoms with E-state index in [0.29, 0.717) is 33.6 Å². The summed E-state index contributed by atoms with van der Waals surface area (Å²) in [6.07, 6.45) is 3.72. The van der Waals surface area contributed by atoms with E-state index in [4.69, 9.17) is 18.1 Å². The molecular weight excluding hydrogens is 881 g/mol. The van der Waals surface area contributed by atoms with Gasteiger partial charge >= 0.3 is 0 Å². The van der Waals surface area contributed by atoms with Gasteiger partial charge in [0.2, 0.25) is 0 Å². The maximum atomic E-state index is 10.9. The van der Waals surface area contributed by atoms with Gasteiger partial charge in [0, 0.05) is 32.7 Å². The van der Waals surface area contributed by atoms with Gasteiger partial charge in [-0.1, -0.05) is 127 Å². The third-order valence-corrected chi connectivity index (χ3v) is 13.6. The Hall–Kier alpha value is -10.8. The molecule has 0 amide bonds. The van der Waals surface area contributed by atoms with Crippen molar-refractivity contribution in [1.29, 1.82) is 15.8 Å². The van der Waals surface area contributed by atoms with E-state index in [1.807, 2.05) is 158 Å². The van der Waals surface area contributed by atoms with Crippen LogP contribution in [0.5, 0.6) is 0 Å². The summed E-state index contributed by atoms with van der Waals surface area (Å²) in [4.78, 5) is 12.8. The molecule has 72 heavy (non-hydrogen) atoms. The predicted molar refractivity (Wildman–Crippen MR) is 287 cm³/mol. The first-order valence-electron chi connectivity index (χ1n) is 23.1. The summed E-state index contributed by atoms with van der Waals surface area (Å²) in [6, 6.07) is 70.4. The lowest BCUT2D eigenvalue weighted by Gasteiger charge is -2.20. The van der Waals surface area contributed by atoms with E-state index in [0.717, 1.165) is 105 Å². The van der Waals surface area contributed by atoms with E-state index in [9.17, 15) is 15.8 Å². The van der Waals surface area contributed by atoms with E-state index in [-0.39, 0.29) is 0 Å². The summed E-state index contributed by atoms with van der Waals surface area (Å²) in [7, 11) is 0. The van der Waals surface area contributed by atoms with Gasteiger partial charge in [0.05, 0.1) is 93.9 Å². The average Bonchev–Trinajstić information content (AvgIpc) is 3.95. The molecule has 3 aromatic heterocycles. The molecule has 0 atom stereocenters. The molecule has 8 heteroatoms. The van der Waals surface area contributed by atoms with Gasteiger partial charge < -0.3 is 9.13 Å². The monoisotopic (exact) mass is 914 g/mol. The van der Waals surface area contributed by atoms with Gasteiger partial charge in [-0.15, -0.1) is 0 Å². The molecule has 0 N–H and O–H groups in total. The quantitative estimate of drug-likeness (QED) is 0.149. The average molecular weight is 915 g/mol. The lowest BCUT2D eigenvalue weighted by atomic mass is 9.97. The Balaban J connectivity index is 1.19. The van der Waals surface area contributed by atoms with Crippen LogP contribution in [0.4, 0.5) is 11.4 Å². The second kappa shape index (κ2) is 17.4. The number of aromatic nitrogens is 3. The van der Waals surface area contributed by atoms with Gasteiger partial charge in [0.25, 0.3) is 0 Å². The molecule has 0 fully saturated rings. The number of hydrogen-bond acceptors (Lipinski definition) is 4. The molecule has 0 bridgehead atoms. The number of rotatable bonds is 7. The van der Waals surface area contributed by atoms with Gasteiger partial charge in [-0.3, -0.25) is 4.98 Å². The number of nitriles is 3. The number of hydrogen-bond donors (Lipinski definition) is 0. The number of para-hydroxylation sites is 2. The van der Waals surface area contributed by atoms with E-state index in [1.54, 1.807) is 0 Å². The van der Waals surface area contributed by atoms with Crippen LogP contribution in [-0.2, 0) is 0 Å². The molecule has 0 unspecified atom stereocenters. The van der Waals surface area contributed by atoms with Crippen LogP contribution in [0, 0.1) is 47.1 Å². The lowest BCUT2D eigenvalue weighted by Crippen LogP contribution is -2.05. The minimum absolute atomic E-state index is 0.481. The SMILES string of the molecule is [C-]#[N+]c1ccccc1-c1ccc2c(c1)c1cc(-c3ccccc3C#N)ccc1n2-c1cncc(-n2c3ccc(-c4ccccc4C#N)cc3c3cc(-c4ccccc4[N+]#[C-])ccc32)c1-c1ccccc1C#N. The van der Waals surface area contributed by atoms with Gasteiger partial charge in [-0.25, -0.2) is 9.69 Å². The molecule has 0 spiro atoms. The molecule has 0 aliphatic heterocycles. The van der Waals surface area contributed by atoms with Gasteiger partial charge in [0.1, 0.15) is 0 Å². The van der Waals surface area contributed by atoms with Crippen LogP contribution < -0.4 is 0 Å². The summed E-state index contributed by atoms with van der Waals surface area (Å²) >= 11 is 0. The topological polar surface area (TPSA) is 103 Å². The maximum absolute atomic E-state index is 10.9. The highest BCUT2D eigenvalue weighted by Gasteiger charge is 2.25. The lowest BCUT2D eigenvalue weighted by molar-refractivity contribution is 1.09. The van der Waals surface area contributed by atoms with Crippen LogP contribution in [0.25, 0.3) is 120 Å². The van der Waals surface area contributed by atoms with E-state index in [2.05, 4.69) is 85.6 Å². The van der Waals surface area contributed by atoms with Crippen molar-refractivity contribution in [3.05, 3.63) is 246 Å². The van der Waals surface area contributed by atoms with Crippen molar-refractivity contribution < 1.29 is 0 Å². The van der Waals surface area contributed by atoms with Crippen molar-refractivity contribution in [3.63, 3.8) is 0 Å². The number of pyridine rings is 1. The molecule has 330 valence electrons. The second-order valence-corrected chi connectivity index (χ2v) is 17.4. The summed E-state index contributed by atoms with van der Waals surface area (Å²) in [5.74, 6) is 0. The van der Waals surface area contributed by atoms with Gasteiger partial charge in [-0.05, 0) is 111 Å². The molecule has 3 heterocycles. The van der Waals surface area contributed by atoms with Crippen LogP contribution >= 0.6 is 0 Å². The van der Waals surface area contributed by atoms with Crippen molar-refractivity contribution in [2.75, 3.05) is 0 Å². The molecule has 12 aromatic rings. The number of benzene rings is 9. The van der Waals surface area contributed by atoms with Crippen molar-refractivity contribution >= 4 is 55.0 Å². The first-order chi connectivity index (χ1) is 35.5. The zero-order valence-electron chi connectivity index (χ0n) is 38.2. The van der Waals surface area contributed by atoms with Crippen molar-refractivity contribution in [2.24, 2.45) is 0 Å². The van der Waals surface area contributed by atoms with E-state index < -0.39 is 0 Å². The van der Waals surface area contributed by atoms with Crippen molar-refractivity contribution in [2.45, 2.75) is 0 Å². The fourth-order valence-electron chi connectivity index (χ4n) is 10.4. The molecule has 0 saturated heterocycles. The van der Waals surface area contributed by atoms with Crippen LogP contribution in [0.15, 0.2) is 207 Å². The Bertz CT molecular complexity index is 3990. The second-order valence-electron chi connectivity index (χ2n) is 17.4. The largest absolute Gasteiger partial charge is 0.307 e. The highest BCUT2D eigenvalue weighted by atomic mass is 15.0. The smallest absolute Gasteiger partial charge is 0.194 e. The molecular formula is C64H34N8. The van der Waals surface area contributed by atoms with Crippen LogP contribution in [0.1, 0.15) is 16.7 Å². The fraction of sp³-hybridized carbons (Fsp3) is 0. The molecule has 9 aromatic carbocycles. The standard InChI is InChI=1S/C64H34N8/c1-68-56-21-11-9-18-49(56)42-25-29-60-54(33-42)52-31-40(47-16-6-3-13-44(47)35-65)23-27-58(52)71(60)62-38-70-39-63(64(62)51-20-8-5-15-46(51)37-67)72-59-28-24-41(48-17-7-4-14-45(48)36-66)32-53(59)55-34-43(26-30-61(55)72)50-19-10-12-22-57(50)69-2/h3-34,38-39H. The van der Waals surface area contributed by atoms with E-state index >= 15 is 0 Å². The fourth-order valence-corrected chi connectivity index (χ4v) is 10.4. The molecule has 0 aliphatic carbocycles. The maximum Gasteiger partial charge on any atom is 0.194 e. The first-order valence-corrected chi connectivity index (χ1v) is 23.1. The third-order valence-electron chi connectivity index (χ3n) is 13.6. The Morgan fingerprint density at radius 3 is 1.03 bits per heavy atom. The van der Waals surface area contributed by atoms with Crippen LogP contribution in [0.3, 0.4) is 0 Å². The Morgan fingerprint density at radius 1 is 0.361 bits per heavy atom. The highest BCUT2D eigenvalue weighted by molar-refractivity contribution is 6.15. The summed E-state index contributed by atoms with van der Waals surface area (Å²) in [6.45, 7) is 16.0. The number of fused-ring (bicyclic) bond motifs is 6. The first kappa shape index (κ1) is 42.5. The molecule has 0 saturated carbocycles. The Kier molecular flexibility index (Phi) is 10.3. The number of nitrogens with zero attached hydrogens (tertiary/aromatic N) is 8. The summed E-state index contributed by atoms with van der Waals surface area (Å²) < 4.78 is 4.42. The molecule has 0 radical (unpaired) electrons. The highest BCUT2D eigenvalue weighted by Crippen LogP contribution is 2.46. The zero-order chi connectivity index (χ0) is 48.9. The zero-order valence-corrected chi connectivity index (χ0v) is 38.2.